The minimum Gasteiger partial charge on any atom is -0.454 e. The Bertz CT molecular complexity index is 1360. The Labute approximate surface area is 207 Å². The average Bonchev–Trinajstić information content (AvgIpc) is 3.57. The number of hydrogen-bond acceptors (Lipinski definition) is 7. The van der Waals surface area contributed by atoms with Crippen LogP contribution in [0, 0.1) is 25.7 Å². The summed E-state index contributed by atoms with van der Waals surface area (Å²) in [6, 6.07) is 8.46. The van der Waals surface area contributed by atoms with Gasteiger partial charge in [0.15, 0.2) is 11.5 Å². The van der Waals surface area contributed by atoms with Crippen molar-refractivity contribution >= 4 is 29.3 Å². The van der Waals surface area contributed by atoms with Crippen LogP contribution in [-0.2, 0) is 31.3 Å². The van der Waals surface area contributed by atoms with Crippen LogP contribution in [0.2, 0.25) is 0 Å². The third kappa shape index (κ3) is 3.00. The Morgan fingerprint density at radius 2 is 1.89 bits per heavy atom. The maximum atomic E-state index is 13.9. The second-order valence-corrected chi connectivity index (χ2v) is 9.90. The van der Waals surface area contributed by atoms with Crippen LogP contribution in [-0.4, -0.2) is 41.4 Å². The second kappa shape index (κ2) is 7.79. The molecule has 4 heterocycles. The lowest BCUT2D eigenvalue weighted by Crippen LogP contribution is -2.53. The van der Waals surface area contributed by atoms with Gasteiger partial charge in [-0.05, 0) is 49.1 Å². The number of carbonyl (C=O) groups is 4. The molecule has 4 atom stereocenters. The Balaban J connectivity index is 1.41. The van der Waals surface area contributed by atoms with Crippen molar-refractivity contribution in [3.63, 3.8) is 0 Å². The summed E-state index contributed by atoms with van der Waals surface area (Å²) >= 11 is 0. The summed E-state index contributed by atoms with van der Waals surface area (Å²) < 4.78 is 10.8. The molecule has 2 aromatic carbocycles. The van der Waals surface area contributed by atoms with Gasteiger partial charge in [0, 0.05) is 23.7 Å². The molecule has 2 fully saturated rings. The molecule has 186 valence electrons. The molecular formula is C26H26N4O6. The first kappa shape index (κ1) is 22.5. The number of aryl methyl sites for hydroxylation is 1. The highest BCUT2D eigenvalue weighted by Gasteiger charge is 2.70. The van der Waals surface area contributed by atoms with E-state index in [1.807, 2.05) is 26.0 Å². The van der Waals surface area contributed by atoms with Crippen molar-refractivity contribution in [2.75, 3.05) is 12.1 Å². The first-order valence-electron chi connectivity index (χ1n) is 11.9. The van der Waals surface area contributed by atoms with Gasteiger partial charge in [-0.15, -0.1) is 0 Å². The first-order chi connectivity index (χ1) is 17.2. The first-order valence-corrected chi connectivity index (χ1v) is 11.9. The third-order valence-corrected chi connectivity index (χ3v) is 7.99. The van der Waals surface area contributed by atoms with Gasteiger partial charge in [-0.2, -0.15) is 0 Å². The summed E-state index contributed by atoms with van der Waals surface area (Å²) in [4.78, 5) is 54.1. The van der Waals surface area contributed by atoms with Crippen molar-refractivity contribution in [2.24, 2.45) is 17.6 Å². The van der Waals surface area contributed by atoms with Gasteiger partial charge >= 0.3 is 0 Å². The normalized spacial score (nSPS) is 27.6. The van der Waals surface area contributed by atoms with E-state index in [4.69, 9.17) is 15.2 Å². The minimum absolute atomic E-state index is 0.0298. The number of fused-ring (bicyclic) bond motifs is 5. The molecular weight excluding hydrogens is 464 g/mol. The molecule has 4 aliphatic heterocycles. The summed E-state index contributed by atoms with van der Waals surface area (Å²) in [5.41, 5.74) is 7.93. The molecule has 1 spiro atoms. The monoisotopic (exact) mass is 490 g/mol. The number of likely N-dealkylation sites (tertiary alicyclic amines) is 1. The van der Waals surface area contributed by atoms with E-state index in [0.29, 0.717) is 28.3 Å². The van der Waals surface area contributed by atoms with Crippen LogP contribution >= 0.6 is 0 Å². The molecule has 2 saturated heterocycles. The van der Waals surface area contributed by atoms with Gasteiger partial charge in [0.2, 0.25) is 30.4 Å². The van der Waals surface area contributed by atoms with Crippen molar-refractivity contribution in [1.82, 2.24) is 10.2 Å². The summed E-state index contributed by atoms with van der Waals surface area (Å²) in [7, 11) is 0. The molecule has 4 N–H and O–H groups in total. The Hall–Kier alpha value is -3.92. The highest BCUT2D eigenvalue weighted by atomic mass is 16.7. The SMILES string of the molecule is Cc1ccc2c(c1C)NC(=O)[C@]21N[C@@H](CCC(N)=O)[C@H]2C(=O)N(Cc3ccc4c(c3)OCO4)C(=O)[C@H]21. The van der Waals surface area contributed by atoms with Crippen molar-refractivity contribution in [3.05, 3.63) is 52.6 Å². The van der Waals surface area contributed by atoms with Gasteiger partial charge in [-0.3, -0.25) is 29.4 Å². The van der Waals surface area contributed by atoms with Crippen molar-refractivity contribution in [3.8, 4) is 11.5 Å². The maximum Gasteiger partial charge on any atom is 0.250 e. The van der Waals surface area contributed by atoms with E-state index < -0.39 is 35.2 Å². The zero-order valence-corrected chi connectivity index (χ0v) is 19.9. The third-order valence-electron chi connectivity index (χ3n) is 7.99. The summed E-state index contributed by atoms with van der Waals surface area (Å²) in [5, 5.41) is 6.29. The van der Waals surface area contributed by atoms with Gasteiger partial charge in [0.25, 0.3) is 0 Å². The smallest absolute Gasteiger partial charge is 0.250 e. The molecule has 0 saturated carbocycles. The zero-order valence-electron chi connectivity index (χ0n) is 19.9. The fraction of sp³-hybridized carbons (Fsp3) is 0.385. The van der Waals surface area contributed by atoms with Crippen LogP contribution in [0.4, 0.5) is 5.69 Å². The van der Waals surface area contributed by atoms with Crippen molar-refractivity contribution in [1.29, 1.82) is 0 Å². The lowest BCUT2D eigenvalue weighted by atomic mass is 9.76. The number of nitrogens with zero attached hydrogens (tertiary/aromatic N) is 1. The number of hydrogen-bond donors (Lipinski definition) is 3. The van der Waals surface area contributed by atoms with Crippen LogP contribution < -0.4 is 25.8 Å². The van der Waals surface area contributed by atoms with E-state index in [2.05, 4.69) is 10.6 Å². The van der Waals surface area contributed by atoms with Crippen molar-refractivity contribution < 1.29 is 28.7 Å². The number of nitrogens with two attached hydrogens (primary N) is 1. The van der Waals surface area contributed by atoms with Gasteiger partial charge in [0.1, 0.15) is 5.54 Å². The Morgan fingerprint density at radius 1 is 1.11 bits per heavy atom. The molecule has 6 rings (SSSR count). The minimum atomic E-state index is -1.41. The molecule has 36 heavy (non-hydrogen) atoms. The topological polar surface area (TPSA) is 140 Å². The molecule has 0 aliphatic carbocycles. The second-order valence-electron chi connectivity index (χ2n) is 9.90. The number of primary amides is 1. The number of anilines is 1. The number of benzene rings is 2. The van der Waals surface area contributed by atoms with Crippen LogP contribution in [0.15, 0.2) is 30.3 Å². The van der Waals surface area contributed by atoms with E-state index in [0.717, 1.165) is 11.1 Å². The molecule has 0 bridgehead atoms. The number of carbonyl (C=O) groups excluding carboxylic acids is 4. The maximum absolute atomic E-state index is 13.9. The fourth-order valence-electron chi connectivity index (χ4n) is 6.10. The van der Waals surface area contributed by atoms with E-state index in [1.165, 1.54) is 4.90 Å². The quantitative estimate of drug-likeness (QED) is 0.536. The van der Waals surface area contributed by atoms with E-state index in [9.17, 15) is 19.2 Å². The average molecular weight is 491 g/mol. The molecule has 10 nitrogen and oxygen atoms in total. The lowest BCUT2D eigenvalue weighted by molar-refractivity contribution is -0.143. The number of rotatable bonds is 5. The van der Waals surface area contributed by atoms with Gasteiger partial charge < -0.3 is 20.5 Å². The predicted molar refractivity (Wildman–Crippen MR) is 127 cm³/mol. The molecule has 0 radical (unpaired) electrons. The van der Waals surface area contributed by atoms with Crippen LogP contribution in [0.1, 0.15) is 35.1 Å². The standard InChI is InChI=1S/C26H26N4O6/c1-12-3-5-15-22(13(12)2)28-25(34)26(15)21-20(16(29-26)6-8-19(27)31)23(32)30(24(21)33)10-14-4-7-17-18(9-14)36-11-35-17/h3-5,7,9,16,20-21,29H,6,8,10-11H2,1-2H3,(H2,27,31)(H,28,34)/t16-,20+,21-,26-/m0/s1. The van der Waals surface area contributed by atoms with E-state index in [1.54, 1.807) is 18.2 Å². The highest BCUT2D eigenvalue weighted by Crippen LogP contribution is 2.54. The van der Waals surface area contributed by atoms with Crippen LogP contribution in [0.5, 0.6) is 11.5 Å². The number of ether oxygens (including phenoxy) is 2. The van der Waals surface area contributed by atoms with Crippen LogP contribution in [0.3, 0.4) is 0 Å². The highest BCUT2D eigenvalue weighted by molar-refractivity contribution is 6.15. The summed E-state index contributed by atoms with van der Waals surface area (Å²) in [6.07, 6.45) is 0.268. The predicted octanol–water partition coefficient (Wildman–Crippen LogP) is 1.22. The van der Waals surface area contributed by atoms with E-state index in [-0.39, 0.29) is 38.0 Å². The van der Waals surface area contributed by atoms with Gasteiger partial charge in [0.05, 0.1) is 18.4 Å². The molecule has 0 aromatic heterocycles. The van der Waals surface area contributed by atoms with Crippen molar-refractivity contribution in [2.45, 2.75) is 44.8 Å². The van der Waals surface area contributed by atoms with Crippen LogP contribution in [0.25, 0.3) is 0 Å². The zero-order chi connectivity index (χ0) is 25.4. The fourth-order valence-corrected chi connectivity index (χ4v) is 6.10. The molecule has 0 unspecified atom stereocenters. The lowest BCUT2D eigenvalue weighted by Gasteiger charge is -2.29. The molecule has 10 heteroatoms. The van der Waals surface area contributed by atoms with E-state index >= 15 is 0 Å². The molecule has 4 amide bonds. The summed E-state index contributed by atoms with van der Waals surface area (Å²) in [6.45, 7) is 4.03. The number of imide groups is 1. The largest absolute Gasteiger partial charge is 0.454 e. The molecule has 2 aromatic rings. The number of nitrogens with one attached hydrogen (secondary N) is 2. The Kier molecular flexibility index (Phi) is 4.88. The number of amides is 4. The van der Waals surface area contributed by atoms with Gasteiger partial charge in [-0.25, -0.2) is 0 Å². The summed E-state index contributed by atoms with van der Waals surface area (Å²) in [5.74, 6) is -2.25. The molecule has 4 aliphatic rings. The Morgan fingerprint density at radius 3 is 2.67 bits per heavy atom. The van der Waals surface area contributed by atoms with Gasteiger partial charge in [-0.1, -0.05) is 18.2 Å².